The Balaban J connectivity index is 1.78. The molecule has 2 aromatic carbocycles. The van der Waals surface area contributed by atoms with E-state index in [1.165, 1.54) is 5.56 Å². The first-order chi connectivity index (χ1) is 11.4. The van der Waals surface area contributed by atoms with Gasteiger partial charge in [0.05, 0.1) is 6.10 Å². The van der Waals surface area contributed by atoms with Crippen LogP contribution in [0.3, 0.4) is 0 Å². The lowest BCUT2D eigenvalue weighted by molar-refractivity contribution is -0.123. The molecule has 1 N–H and O–H groups in total. The third kappa shape index (κ3) is 5.61. The van der Waals surface area contributed by atoms with E-state index in [0.29, 0.717) is 6.54 Å². The van der Waals surface area contributed by atoms with Crippen LogP contribution in [0.4, 0.5) is 0 Å². The highest BCUT2D eigenvalue weighted by Gasteiger charge is 2.05. The number of benzene rings is 2. The van der Waals surface area contributed by atoms with Gasteiger partial charge in [-0.25, -0.2) is 0 Å². The van der Waals surface area contributed by atoms with Crippen LogP contribution < -0.4 is 14.8 Å². The first-order valence-corrected chi connectivity index (χ1v) is 8.16. The van der Waals surface area contributed by atoms with E-state index in [1.807, 2.05) is 70.2 Å². The molecular formula is C20H25NO3. The van der Waals surface area contributed by atoms with Crippen molar-refractivity contribution in [2.24, 2.45) is 0 Å². The van der Waals surface area contributed by atoms with Crippen LogP contribution in [0, 0.1) is 13.8 Å². The van der Waals surface area contributed by atoms with Gasteiger partial charge in [0.1, 0.15) is 11.5 Å². The van der Waals surface area contributed by atoms with Crippen LogP contribution in [0.5, 0.6) is 11.5 Å². The number of hydrogen-bond acceptors (Lipinski definition) is 3. The van der Waals surface area contributed by atoms with Crippen molar-refractivity contribution < 1.29 is 14.3 Å². The molecule has 2 rings (SSSR count). The number of carbonyl (C=O) groups excluding carboxylic acids is 1. The third-order valence-corrected chi connectivity index (χ3v) is 3.47. The SMILES string of the molecule is Cc1ccc(OCC(=O)NCc2ccc(OC(C)C)cc2)c(C)c1. The van der Waals surface area contributed by atoms with Crippen molar-refractivity contribution in [1.29, 1.82) is 0 Å². The summed E-state index contributed by atoms with van der Waals surface area (Å²) in [5.74, 6) is 1.43. The number of aryl methyl sites for hydroxylation is 2. The van der Waals surface area contributed by atoms with E-state index in [-0.39, 0.29) is 18.6 Å². The number of carbonyl (C=O) groups is 1. The Morgan fingerprint density at radius 3 is 2.42 bits per heavy atom. The zero-order chi connectivity index (χ0) is 17.5. The molecule has 1 amide bonds. The van der Waals surface area contributed by atoms with Crippen LogP contribution in [-0.2, 0) is 11.3 Å². The van der Waals surface area contributed by atoms with E-state index in [4.69, 9.17) is 9.47 Å². The van der Waals surface area contributed by atoms with Gasteiger partial charge in [-0.15, -0.1) is 0 Å². The standard InChI is InChI=1S/C20H25NO3/c1-14(2)24-18-8-6-17(7-9-18)12-21-20(22)13-23-19-10-5-15(3)11-16(19)4/h5-11,14H,12-13H2,1-4H3,(H,21,22). The van der Waals surface area contributed by atoms with E-state index < -0.39 is 0 Å². The predicted octanol–water partition coefficient (Wildman–Crippen LogP) is 3.79. The van der Waals surface area contributed by atoms with Crippen molar-refractivity contribution in [3.8, 4) is 11.5 Å². The van der Waals surface area contributed by atoms with Crippen LogP contribution in [-0.4, -0.2) is 18.6 Å². The van der Waals surface area contributed by atoms with Gasteiger partial charge in [0.2, 0.25) is 0 Å². The summed E-state index contributed by atoms with van der Waals surface area (Å²) in [6, 6.07) is 13.6. The van der Waals surface area contributed by atoms with Gasteiger partial charge in [-0.3, -0.25) is 4.79 Å². The highest BCUT2D eigenvalue weighted by Crippen LogP contribution is 2.18. The van der Waals surface area contributed by atoms with Gasteiger partial charge in [0.15, 0.2) is 6.61 Å². The van der Waals surface area contributed by atoms with Gasteiger partial charge in [-0.05, 0) is 57.0 Å². The number of ether oxygens (including phenoxy) is 2. The largest absolute Gasteiger partial charge is 0.491 e. The number of hydrogen-bond donors (Lipinski definition) is 1. The topological polar surface area (TPSA) is 47.6 Å². The van der Waals surface area contributed by atoms with Crippen LogP contribution in [0.1, 0.15) is 30.5 Å². The maximum absolute atomic E-state index is 11.9. The van der Waals surface area contributed by atoms with Crippen LogP contribution >= 0.6 is 0 Å². The molecule has 4 nitrogen and oxygen atoms in total. The fourth-order valence-electron chi connectivity index (χ4n) is 2.31. The lowest BCUT2D eigenvalue weighted by Gasteiger charge is -2.11. The summed E-state index contributed by atoms with van der Waals surface area (Å²) in [5.41, 5.74) is 3.23. The van der Waals surface area contributed by atoms with E-state index in [0.717, 1.165) is 22.6 Å². The van der Waals surface area contributed by atoms with Crippen LogP contribution in [0.15, 0.2) is 42.5 Å². The van der Waals surface area contributed by atoms with Crippen molar-refractivity contribution in [1.82, 2.24) is 5.32 Å². The van der Waals surface area contributed by atoms with Gasteiger partial charge >= 0.3 is 0 Å². The number of amides is 1. The second kappa shape index (κ2) is 8.39. The Morgan fingerprint density at radius 1 is 1.08 bits per heavy atom. The lowest BCUT2D eigenvalue weighted by Crippen LogP contribution is -2.28. The van der Waals surface area contributed by atoms with Gasteiger partial charge in [0, 0.05) is 6.54 Å². The lowest BCUT2D eigenvalue weighted by atomic mass is 10.1. The molecule has 0 spiro atoms. The maximum atomic E-state index is 11.9. The third-order valence-electron chi connectivity index (χ3n) is 3.47. The molecule has 0 heterocycles. The second-order valence-corrected chi connectivity index (χ2v) is 6.14. The molecule has 0 aliphatic heterocycles. The van der Waals surface area contributed by atoms with Crippen LogP contribution in [0.2, 0.25) is 0 Å². The summed E-state index contributed by atoms with van der Waals surface area (Å²) in [4.78, 5) is 11.9. The Labute approximate surface area is 143 Å². The number of nitrogens with one attached hydrogen (secondary N) is 1. The summed E-state index contributed by atoms with van der Waals surface area (Å²) in [7, 11) is 0. The zero-order valence-electron chi connectivity index (χ0n) is 14.8. The molecule has 0 unspecified atom stereocenters. The summed E-state index contributed by atoms with van der Waals surface area (Å²) >= 11 is 0. The zero-order valence-corrected chi connectivity index (χ0v) is 14.8. The molecule has 2 aromatic rings. The first kappa shape index (κ1) is 17.9. The van der Waals surface area contributed by atoms with Gasteiger partial charge < -0.3 is 14.8 Å². The molecule has 0 aromatic heterocycles. The minimum Gasteiger partial charge on any atom is -0.491 e. The van der Waals surface area contributed by atoms with E-state index >= 15 is 0 Å². The Kier molecular flexibility index (Phi) is 6.24. The molecular weight excluding hydrogens is 302 g/mol. The van der Waals surface area contributed by atoms with Crippen molar-refractivity contribution in [2.75, 3.05) is 6.61 Å². The van der Waals surface area contributed by atoms with E-state index in [2.05, 4.69) is 5.32 Å². The minimum absolute atomic E-state index is 0.0123. The fourth-order valence-corrected chi connectivity index (χ4v) is 2.31. The molecule has 0 fully saturated rings. The average Bonchev–Trinajstić information content (AvgIpc) is 2.53. The van der Waals surface area contributed by atoms with Gasteiger partial charge in [-0.1, -0.05) is 29.8 Å². The maximum Gasteiger partial charge on any atom is 0.258 e. The van der Waals surface area contributed by atoms with Crippen molar-refractivity contribution in [3.05, 3.63) is 59.2 Å². The smallest absolute Gasteiger partial charge is 0.258 e. The van der Waals surface area contributed by atoms with Gasteiger partial charge in [-0.2, -0.15) is 0 Å². The summed E-state index contributed by atoms with van der Waals surface area (Å²) in [6.07, 6.45) is 0.151. The number of rotatable bonds is 7. The predicted molar refractivity (Wildman–Crippen MR) is 95.5 cm³/mol. The van der Waals surface area contributed by atoms with E-state index in [1.54, 1.807) is 0 Å². The molecule has 24 heavy (non-hydrogen) atoms. The molecule has 128 valence electrons. The first-order valence-electron chi connectivity index (χ1n) is 8.16. The van der Waals surface area contributed by atoms with Gasteiger partial charge in [0.25, 0.3) is 5.91 Å². The monoisotopic (exact) mass is 327 g/mol. The molecule has 0 saturated carbocycles. The van der Waals surface area contributed by atoms with Crippen LogP contribution in [0.25, 0.3) is 0 Å². The highest BCUT2D eigenvalue weighted by atomic mass is 16.5. The molecule has 0 aliphatic carbocycles. The minimum atomic E-state index is -0.141. The highest BCUT2D eigenvalue weighted by molar-refractivity contribution is 5.77. The second-order valence-electron chi connectivity index (χ2n) is 6.14. The molecule has 0 atom stereocenters. The Morgan fingerprint density at radius 2 is 1.79 bits per heavy atom. The Bertz CT molecular complexity index is 678. The molecule has 0 radical (unpaired) electrons. The molecule has 0 aliphatic rings. The molecule has 0 saturated heterocycles. The molecule has 0 bridgehead atoms. The average molecular weight is 327 g/mol. The summed E-state index contributed by atoms with van der Waals surface area (Å²) in [5, 5.41) is 2.86. The quantitative estimate of drug-likeness (QED) is 0.842. The molecule has 4 heteroatoms. The normalized spacial score (nSPS) is 10.5. The summed E-state index contributed by atoms with van der Waals surface area (Å²) < 4.78 is 11.2. The Hall–Kier alpha value is -2.49. The van der Waals surface area contributed by atoms with Crippen molar-refractivity contribution in [2.45, 2.75) is 40.3 Å². The van der Waals surface area contributed by atoms with E-state index in [9.17, 15) is 4.79 Å². The summed E-state index contributed by atoms with van der Waals surface area (Å²) in [6.45, 7) is 8.46. The van der Waals surface area contributed by atoms with Crippen molar-refractivity contribution in [3.63, 3.8) is 0 Å². The van der Waals surface area contributed by atoms with Crippen molar-refractivity contribution >= 4 is 5.91 Å². The fraction of sp³-hybridized carbons (Fsp3) is 0.350.